The van der Waals surface area contributed by atoms with Crippen LogP contribution in [-0.4, -0.2) is 52.9 Å². The number of fused-ring (bicyclic) bond motifs is 1. The molecule has 2 aliphatic heterocycles. The third kappa shape index (κ3) is 3.14. The maximum absolute atomic E-state index is 13.0. The molecule has 0 saturated carbocycles. The molecule has 1 aromatic heterocycles. The molecule has 1 amide bonds. The number of likely N-dealkylation sites (tertiary alicyclic amines) is 1. The summed E-state index contributed by atoms with van der Waals surface area (Å²) >= 11 is 0. The van der Waals surface area contributed by atoms with Gasteiger partial charge in [-0.1, -0.05) is 18.2 Å². The van der Waals surface area contributed by atoms with Crippen molar-refractivity contribution in [3.8, 4) is 0 Å². The lowest BCUT2D eigenvalue weighted by atomic mass is 10.1. The van der Waals surface area contributed by atoms with Crippen molar-refractivity contribution < 1.29 is 13.2 Å². The first-order valence-electron chi connectivity index (χ1n) is 8.91. The highest BCUT2D eigenvalue weighted by Crippen LogP contribution is 2.28. The largest absolute Gasteiger partial charge is 0.343 e. The van der Waals surface area contributed by atoms with E-state index in [-0.39, 0.29) is 11.9 Å². The Morgan fingerprint density at radius 2 is 1.96 bits per heavy atom. The van der Waals surface area contributed by atoms with Gasteiger partial charge in [-0.15, -0.1) is 0 Å². The fourth-order valence-electron chi connectivity index (χ4n) is 3.74. The quantitative estimate of drug-likeness (QED) is 0.797. The van der Waals surface area contributed by atoms with Gasteiger partial charge in [-0.3, -0.25) is 9.48 Å². The Hall–Kier alpha value is -2.19. The summed E-state index contributed by atoms with van der Waals surface area (Å²) in [7, 11) is -3.55. The van der Waals surface area contributed by atoms with Crippen LogP contribution in [0.4, 0.5) is 0 Å². The Kier molecular flexibility index (Phi) is 4.54. The number of amides is 1. The topological polar surface area (TPSA) is 75.5 Å². The highest BCUT2D eigenvalue weighted by atomic mass is 32.2. The number of hydrogen-bond acceptors (Lipinski definition) is 4. The van der Waals surface area contributed by atoms with E-state index in [0.29, 0.717) is 37.4 Å². The van der Waals surface area contributed by atoms with E-state index in [1.807, 2.05) is 15.6 Å². The Bertz CT molecular complexity index is 894. The lowest BCUT2D eigenvalue weighted by Gasteiger charge is -2.34. The van der Waals surface area contributed by atoms with Gasteiger partial charge < -0.3 is 4.90 Å². The second-order valence-electron chi connectivity index (χ2n) is 6.80. The molecule has 8 heteroatoms. The average Bonchev–Trinajstić information content (AvgIpc) is 3.29. The van der Waals surface area contributed by atoms with E-state index in [1.54, 1.807) is 36.5 Å². The Balaban J connectivity index is 1.55. The molecule has 26 heavy (non-hydrogen) atoms. The van der Waals surface area contributed by atoms with Crippen LogP contribution in [0.5, 0.6) is 0 Å². The van der Waals surface area contributed by atoms with E-state index < -0.39 is 10.0 Å². The molecule has 0 radical (unpaired) electrons. The first-order valence-corrected chi connectivity index (χ1v) is 10.3. The smallest absolute Gasteiger partial charge is 0.243 e. The van der Waals surface area contributed by atoms with Crippen molar-refractivity contribution in [2.45, 2.75) is 36.7 Å². The van der Waals surface area contributed by atoms with E-state index in [4.69, 9.17) is 0 Å². The number of aromatic nitrogens is 2. The third-order valence-electron chi connectivity index (χ3n) is 5.14. The molecule has 0 N–H and O–H groups in total. The molecule has 1 aromatic carbocycles. The van der Waals surface area contributed by atoms with E-state index in [2.05, 4.69) is 5.10 Å². The van der Waals surface area contributed by atoms with Crippen molar-refractivity contribution in [1.29, 1.82) is 0 Å². The molecular formula is C18H22N4O3S. The van der Waals surface area contributed by atoms with Crippen LogP contribution in [0.1, 0.15) is 31.0 Å². The molecule has 3 heterocycles. The lowest BCUT2D eigenvalue weighted by Crippen LogP contribution is -2.42. The summed E-state index contributed by atoms with van der Waals surface area (Å²) in [6.07, 6.45) is 3.93. The molecule has 0 spiro atoms. The molecule has 7 nitrogen and oxygen atoms in total. The van der Waals surface area contributed by atoms with Gasteiger partial charge in [-0.25, -0.2) is 8.42 Å². The second kappa shape index (κ2) is 6.85. The van der Waals surface area contributed by atoms with Gasteiger partial charge >= 0.3 is 0 Å². The van der Waals surface area contributed by atoms with E-state index in [1.165, 1.54) is 4.31 Å². The van der Waals surface area contributed by atoms with Crippen LogP contribution in [0.25, 0.3) is 0 Å². The second-order valence-corrected chi connectivity index (χ2v) is 8.74. The van der Waals surface area contributed by atoms with Gasteiger partial charge in [0.1, 0.15) is 0 Å². The van der Waals surface area contributed by atoms with Crippen LogP contribution in [-0.2, 0) is 21.4 Å². The molecule has 0 bridgehead atoms. The van der Waals surface area contributed by atoms with Crippen LogP contribution in [0.3, 0.4) is 0 Å². The monoisotopic (exact) mass is 374 g/mol. The van der Waals surface area contributed by atoms with Crippen LogP contribution in [0.15, 0.2) is 47.5 Å². The third-order valence-corrected chi connectivity index (χ3v) is 6.96. The zero-order valence-corrected chi connectivity index (χ0v) is 15.3. The first kappa shape index (κ1) is 17.2. The summed E-state index contributed by atoms with van der Waals surface area (Å²) in [5.74, 6) is 0.190. The van der Waals surface area contributed by atoms with Gasteiger partial charge in [0, 0.05) is 32.3 Å². The highest BCUT2D eigenvalue weighted by Gasteiger charge is 2.34. The zero-order valence-electron chi connectivity index (χ0n) is 14.5. The predicted molar refractivity (Wildman–Crippen MR) is 95.7 cm³/mol. The minimum Gasteiger partial charge on any atom is -0.343 e. The summed E-state index contributed by atoms with van der Waals surface area (Å²) in [4.78, 5) is 14.0. The molecule has 1 atom stereocenters. The van der Waals surface area contributed by atoms with Gasteiger partial charge in [-0.2, -0.15) is 9.40 Å². The van der Waals surface area contributed by atoms with Crippen molar-refractivity contribution in [2.24, 2.45) is 0 Å². The summed E-state index contributed by atoms with van der Waals surface area (Å²) in [5.41, 5.74) is 0.883. The standard InChI is InChI=1S/C18H22N4O3S/c23-18-7-4-11-20(18)12-9-16-14-21(13-15-8-10-19-22(15)16)26(24,25)17-5-2-1-3-6-17/h1-3,5-6,8,10,16H,4,7,9,11-14H2/t16-/m0/s1. The maximum Gasteiger partial charge on any atom is 0.243 e. The summed E-state index contributed by atoms with van der Waals surface area (Å²) < 4.78 is 29.5. The normalized spacial score (nSPS) is 21.2. The number of carbonyl (C=O) groups is 1. The van der Waals surface area contributed by atoms with E-state index in [9.17, 15) is 13.2 Å². The molecule has 2 aromatic rings. The molecule has 0 aliphatic carbocycles. The number of nitrogens with zero attached hydrogens (tertiary/aromatic N) is 4. The molecule has 2 aliphatic rings. The number of rotatable bonds is 5. The Labute approximate surface area is 153 Å². The number of sulfonamides is 1. The van der Waals surface area contributed by atoms with Crippen LogP contribution < -0.4 is 0 Å². The Morgan fingerprint density at radius 1 is 1.15 bits per heavy atom. The number of carbonyl (C=O) groups excluding carboxylic acids is 1. The van der Waals surface area contributed by atoms with Gasteiger partial charge in [-0.05, 0) is 31.0 Å². The van der Waals surface area contributed by atoms with Crippen LogP contribution >= 0.6 is 0 Å². The van der Waals surface area contributed by atoms with Crippen molar-refractivity contribution in [3.05, 3.63) is 48.3 Å². The van der Waals surface area contributed by atoms with Crippen LogP contribution in [0, 0.1) is 0 Å². The summed E-state index contributed by atoms with van der Waals surface area (Å²) in [6, 6.07) is 10.3. The van der Waals surface area contributed by atoms with Crippen molar-refractivity contribution in [3.63, 3.8) is 0 Å². The Morgan fingerprint density at radius 3 is 2.69 bits per heavy atom. The molecule has 0 unspecified atom stereocenters. The summed E-state index contributed by atoms with van der Waals surface area (Å²) in [6.45, 7) is 2.12. The fourth-order valence-corrected chi connectivity index (χ4v) is 5.21. The maximum atomic E-state index is 13.0. The average molecular weight is 374 g/mol. The SMILES string of the molecule is O=C1CCCN1CC[C@H]1CN(S(=O)(=O)c2ccccc2)Cc2ccnn21. The molecule has 138 valence electrons. The minimum atomic E-state index is -3.55. The van der Waals surface area contributed by atoms with E-state index in [0.717, 1.165) is 18.7 Å². The van der Waals surface area contributed by atoms with Crippen LogP contribution in [0.2, 0.25) is 0 Å². The minimum absolute atomic E-state index is 0.0689. The van der Waals surface area contributed by atoms with E-state index >= 15 is 0 Å². The van der Waals surface area contributed by atoms with Crippen molar-refractivity contribution in [2.75, 3.05) is 19.6 Å². The summed E-state index contributed by atoms with van der Waals surface area (Å²) in [5, 5.41) is 4.38. The van der Waals surface area contributed by atoms with Gasteiger partial charge in [0.05, 0.1) is 23.2 Å². The predicted octanol–water partition coefficient (Wildman–Crippen LogP) is 1.64. The number of hydrogen-bond donors (Lipinski definition) is 0. The zero-order chi connectivity index (χ0) is 18.1. The van der Waals surface area contributed by atoms with Gasteiger partial charge in [0.2, 0.25) is 15.9 Å². The van der Waals surface area contributed by atoms with Crippen molar-refractivity contribution in [1.82, 2.24) is 19.0 Å². The highest BCUT2D eigenvalue weighted by molar-refractivity contribution is 7.89. The van der Waals surface area contributed by atoms with Gasteiger partial charge in [0.25, 0.3) is 0 Å². The fraction of sp³-hybridized carbons (Fsp3) is 0.444. The first-order chi connectivity index (χ1) is 12.6. The van der Waals surface area contributed by atoms with Gasteiger partial charge in [0.15, 0.2) is 0 Å². The molecule has 1 saturated heterocycles. The number of benzene rings is 1. The molecule has 1 fully saturated rings. The van der Waals surface area contributed by atoms with Crippen molar-refractivity contribution >= 4 is 15.9 Å². The molecule has 4 rings (SSSR count). The molecular weight excluding hydrogens is 352 g/mol. The lowest BCUT2D eigenvalue weighted by molar-refractivity contribution is -0.127.